The summed E-state index contributed by atoms with van der Waals surface area (Å²) in [5.41, 5.74) is 1.97. The summed E-state index contributed by atoms with van der Waals surface area (Å²) in [6, 6.07) is 10.1. The van der Waals surface area contributed by atoms with E-state index in [9.17, 15) is 13.2 Å². The molecule has 2 aliphatic heterocycles. The number of amides is 1. The molecule has 1 N–H and O–H groups in total. The summed E-state index contributed by atoms with van der Waals surface area (Å²) in [5, 5.41) is 2.98. The molecule has 2 heterocycles. The monoisotopic (exact) mass is 458 g/mol. The van der Waals surface area contributed by atoms with Crippen molar-refractivity contribution < 1.29 is 22.7 Å². The van der Waals surface area contributed by atoms with Gasteiger partial charge in [-0.05, 0) is 68.0 Å². The zero-order valence-electron chi connectivity index (χ0n) is 18.8. The summed E-state index contributed by atoms with van der Waals surface area (Å²) in [4.78, 5) is 13.2. The average molecular weight is 459 g/mol. The number of benzene rings is 2. The van der Waals surface area contributed by atoms with Crippen LogP contribution in [-0.4, -0.2) is 44.9 Å². The number of nitrogens with zero attached hydrogens (tertiary/aromatic N) is 1. The number of rotatable bonds is 5. The number of ether oxygens (including phenoxy) is 2. The highest BCUT2D eigenvalue weighted by atomic mass is 32.2. The lowest BCUT2D eigenvalue weighted by Gasteiger charge is -2.29. The Morgan fingerprint density at radius 2 is 1.75 bits per heavy atom. The number of nitrogens with one attached hydrogen (secondary N) is 1. The summed E-state index contributed by atoms with van der Waals surface area (Å²) < 4.78 is 39.0. The van der Waals surface area contributed by atoms with Gasteiger partial charge in [-0.2, -0.15) is 4.31 Å². The van der Waals surface area contributed by atoms with Gasteiger partial charge in [0.2, 0.25) is 10.0 Å². The lowest BCUT2D eigenvalue weighted by Crippen LogP contribution is -2.38. The zero-order valence-corrected chi connectivity index (χ0v) is 19.6. The van der Waals surface area contributed by atoms with Crippen LogP contribution in [0.5, 0.6) is 11.5 Å². The van der Waals surface area contributed by atoms with Crippen molar-refractivity contribution in [1.82, 2.24) is 9.62 Å². The first-order chi connectivity index (χ1) is 15.3. The molecule has 7 nitrogen and oxygen atoms in total. The molecule has 0 aliphatic carbocycles. The van der Waals surface area contributed by atoms with Gasteiger partial charge >= 0.3 is 0 Å². The Morgan fingerprint density at radius 3 is 2.47 bits per heavy atom. The molecule has 32 heavy (non-hydrogen) atoms. The van der Waals surface area contributed by atoms with Crippen LogP contribution in [0.1, 0.15) is 54.2 Å². The van der Waals surface area contributed by atoms with Gasteiger partial charge in [0.15, 0.2) is 11.5 Å². The van der Waals surface area contributed by atoms with Crippen LogP contribution in [0, 0.1) is 12.8 Å². The molecule has 2 aromatic carbocycles. The van der Waals surface area contributed by atoms with Gasteiger partial charge in [-0.15, -0.1) is 0 Å². The second kappa shape index (κ2) is 9.11. The van der Waals surface area contributed by atoms with Crippen LogP contribution in [0.15, 0.2) is 41.3 Å². The zero-order chi connectivity index (χ0) is 22.9. The van der Waals surface area contributed by atoms with E-state index >= 15 is 0 Å². The van der Waals surface area contributed by atoms with Crippen LogP contribution in [0.25, 0.3) is 0 Å². The van der Waals surface area contributed by atoms with Crippen molar-refractivity contribution in [2.24, 2.45) is 5.92 Å². The van der Waals surface area contributed by atoms with Crippen LogP contribution < -0.4 is 14.8 Å². The van der Waals surface area contributed by atoms with Crippen molar-refractivity contribution in [1.29, 1.82) is 0 Å². The fourth-order valence-corrected chi connectivity index (χ4v) is 5.56. The smallest absolute Gasteiger partial charge is 0.252 e. The van der Waals surface area contributed by atoms with E-state index < -0.39 is 10.0 Å². The molecular weight excluding hydrogens is 428 g/mol. The van der Waals surface area contributed by atoms with Crippen molar-refractivity contribution in [3.8, 4) is 11.5 Å². The van der Waals surface area contributed by atoms with E-state index in [0.29, 0.717) is 49.3 Å². The Hall–Kier alpha value is -2.58. The van der Waals surface area contributed by atoms with E-state index in [1.54, 1.807) is 12.1 Å². The number of aryl methyl sites for hydroxylation is 1. The minimum absolute atomic E-state index is 0.162. The molecule has 0 bridgehead atoms. The van der Waals surface area contributed by atoms with Crippen LogP contribution in [-0.2, 0) is 10.0 Å². The van der Waals surface area contributed by atoms with Gasteiger partial charge in [-0.25, -0.2) is 8.42 Å². The van der Waals surface area contributed by atoms with Crippen molar-refractivity contribution in [2.75, 3.05) is 26.3 Å². The van der Waals surface area contributed by atoms with E-state index in [0.717, 1.165) is 24.0 Å². The molecule has 1 saturated heterocycles. The number of fused-ring (bicyclic) bond motifs is 1. The fraction of sp³-hybridized carbons (Fsp3) is 0.458. The minimum atomic E-state index is -3.63. The number of carbonyl (C=O) groups is 1. The maximum absolute atomic E-state index is 13.1. The molecule has 1 atom stereocenters. The Balaban J connectivity index is 1.52. The summed E-state index contributed by atoms with van der Waals surface area (Å²) in [7, 11) is -3.63. The fourth-order valence-electron chi connectivity index (χ4n) is 4.07. The molecule has 0 saturated carbocycles. The highest BCUT2D eigenvalue weighted by Crippen LogP contribution is 2.33. The summed E-state index contributed by atoms with van der Waals surface area (Å²) in [6.45, 7) is 7.87. The third-order valence-corrected chi connectivity index (χ3v) is 8.14. The van der Waals surface area contributed by atoms with Crippen molar-refractivity contribution >= 4 is 15.9 Å². The van der Waals surface area contributed by atoms with Crippen molar-refractivity contribution in [3.05, 3.63) is 53.1 Å². The van der Waals surface area contributed by atoms with Crippen molar-refractivity contribution in [3.63, 3.8) is 0 Å². The van der Waals surface area contributed by atoms with Gasteiger partial charge < -0.3 is 14.8 Å². The number of carbonyl (C=O) groups excluding carboxylic acids is 1. The third-order valence-electron chi connectivity index (χ3n) is 6.25. The largest absolute Gasteiger partial charge is 0.486 e. The predicted octanol–water partition coefficient (Wildman–Crippen LogP) is 3.68. The average Bonchev–Trinajstić information content (AvgIpc) is 2.79. The molecule has 0 aromatic heterocycles. The first-order valence-corrected chi connectivity index (χ1v) is 12.5. The molecule has 4 rings (SSSR count). The Kier molecular flexibility index (Phi) is 6.44. The predicted molar refractivity (Wildman–Crippen MR) is 122 cm³/mol. The molecule has 0 radical (unpaired) electrons. The van der Waals surface area contributed by atoms with Crippen LogP contribution >= 0.6 is 0 Å². The molecule has 1 amide bonds. The molecular formula is C24H30N2O5S. The van der Waals surface area contributed by atoms with E-state index in [4.69, 9.17) is 9.47 Å². The number of hydrogen-bond acceptors (Lipinski definition) is 5. The normalized spacial score (nSPS) is 18.2. The second-order valence-electron chi connectivity index (χ2n) is 8.66. The molecule has 8 heteroatoms. The molecule has 2 aliphatic rings. The quantitative estimate of drug-likeness (QED) is 0.739. The van der Waals surface area contributed by atoms with Gasteiger partial charge in [0.05, 0.1) is 10.9 Å². The molecule has 2 aromatic rings. The summed E-state index contributed by atoms with van der Waals surface area (Å²) in [5.74, 6) is 1.58. The standard InChI is InChI=1S/C24H30N2O5S/c1-16-8-10-26(11-9-16)32(28,29)20-6-4-17(2)21(15-20)24(27)25-18(3)19-5-7-22-23(14-19)31-13-12-30-22/h4-7,14-16,18H,8-13H2,1-3H3,(H,25,27)/t18-/m1/s1. The molecule has 0 unspecified atom stereocenters. The lowest BCUT2D eigenvalue weighted by molar-refractivity contribution is 0.0939. The van der Waals surface area contributed by atoms with E-state index in [-0.39, 0.29) is 16.8 Å². The molecule has 1 fully saturated rings. The van der Waals surface area contributed by atoms with Gasteiger partial charge in [0, 0.05) is 18.7 Å². The molecule has 0 spiro atoms. The van der Waals surface area contributed by atoms with Gasteiger partial charge in [-0.1, -0.05) is 19.1 Å². The van der Waals surface area contributed by atoms with Gasteiger partial charge in [-0.3, -0.25) is 4.79 Å². The Labute approximate surface area is 189 Å². The Bertz CT molecular complexity index is 1110. The van der Waals surface area contributed by atoms with Crippen LogP contribution in [0.3, 0.4) is 0 Å². The van der Waals surface area contributed by atoms with E-state index in [2.05, 4.69) is 12.2 Å². The minimum Gasteiger partial charge on any atom is -0.486 e. The first-order valence-electron chi connectivity index (χ1n) is 11.1. The molecule has 172 valence electrons. The summed E-state index contributed by atoms with van der Waals surface area (Å²) in [6.07, 6.45) is 1.71. The number of piperidine rings is 1. The second-order valence-corrected chi connectivity index (χ2v) is 10.6. The first kappa shape index (κ1) is 22.6. The Morgan fingerprint density at radius 1 is 1.06 bits per heavy atom. The van der Waals surface area contributed by atoms with Gasteiger partial charge in [0.1, 0.15) is 13.2 Å². The number of hydrogen-bond donors (Lipinski definition) is 1. The topological polar surface area (TPSA) is 84.9 Å². The van der Waals surface area contributed by atoms with Crippen molar-refractivity contribution in [2.45, 2.75) is 44.6 Å². The highest BCUT2D eigenvalue weighted by molar-refractivity contribution is 7.89. The lowest BCUT2D eigenvalue weighted by atomic mass is 10.0. The van der Waals surface area contributed by atoms with Gasteiger partial charge in [0.25, 0.3) is 5.91 Å². The highest BCUT2D eigenvalue weighted by Gasteiger charge is 2.29. The number of sulfonamides is 1. The maximum atomic E-state index is 13.1. The maximum Gasteiger partial charge on any atom is 0.252 e. The van der Waals surface area contributed by atoms with Crippen LogP contribution in [0.2, 0.25) is 0 Å². The SMILES string of the molecule is Cc1ccc(S(=O)(=O)N2CCC(C)CC2)cc1C(=O)N[C@H](C)c1ccc2c(c1)OCCO2. The third kappa shape index (κ3) is 4.61. The summed E-state index contributed by atoms with van der Waals surface area (Å²) >= 11 is 0. The van der Waals surface area contributed by atoms with Crippen LogP contribution in [0.4, 0.5) is 0 Å². The van der Waals surface area contributed by atoms with E-state index in [1.807, 2.05) is 32.0 Å². The van der Waals surface area contributed by atoms with E-state index in [1.165, 1.54) is 10.4 Å².